The van der Waals surface area contributed by atoms with Gasteiger partial charge in [-0.25, -0.2) is 19.5 Å². The van der Waals surface area contributed by atoms with Crippen LogP contribution in [0.2, 0.25) is 0 Å². The lowest BCUT2D eigenvalue weighted by Crippen LogP contribution is -2.32. The van der Waals surface area contributed by atoms with Crippen molar-refractivity contribution in [2.45, 2.75) is 32.6 Å². The number of likely N-dealkylation sites (tertiary alicyclic amines) is 1. The highest BCUT2D eigenvalue weighted by molar-refractivity contribution is 5.91. The van der Waals surface area contributed by atoms with Gasteiger partial charge in [0.05, 0.1) is 5.52 Å². The number of hydrogen-bond donors (Lipinski definition) is 2. The fourth-order valence-corrected chi connectivity index (χ4v) is 4.56. The van der Waals surface area contributed by atoms with Crippen molar-refractivity contribution in [3.63, 3.8) is 0 Å². The van der Waals surface area contributed by atoms with Crippen molar-refractivity contribution in [3.05, 3.63) is 72.9 Å². The second kappa shape index (κ2) is 9.64. The van der Waals surface area contributed by atoms with Crippen LogP contribution in [0.25, 0.3) is 16.6 Å². The Morgan fingerprint density at radius 3 is 2.78 bits per heavy atom. The molecule has 37 heavy (non-hydrogen) atoms. The van der Waals surface area contributed by atoms with Gasteiger partial charge in [-0.1, -0.05) is 0 Å². The van der Waals surface area contributed by atoms with Crippen LogP contribution >= 0.6 is 0 Å². The molecule has 0 aliphatic carbocycles. The van der Waals surface area contributed by atoms with Crippen molar-refractivity contribution in [1.29, 1.82) is 0 Å². The Morgan fingerprint density at radius 1 is 1.03 bits per heavy atom. The number of nitrogens with zero attached hydrogens (tertiary/aromatic N) is 6. The monoisotopic (exact) mass is 497 g/mol. The summed E-state index contributed by atoms with van der Waals surface area (Å²) in [5.74, 6) is 2.89. The maximum atomic E-state index is 9.83. The van der Waals surface area contributed by atoms with Crippen molar-refractivity contribution in [1.82, 2.24) is 29.5 Å². The van der Waals surface area contributed by atoms with E-state index in [-0.39, 0.29) is 6.10 Å². The summed E-state index contributed by atoms with van der Waals surface area (Å²) in [5.41, 5.74) is 3.40. The van der Waals surface area contributed by atoms with Gasteiger partial charge in [0.1, 0.15) is 48.1 Å². The minimum atomic E-state index is -0.466. The van der Waals surface area contributed by atoms with Gasteiger partial charge in [0, 0.05) is 36.4 Å². The third-order valence-corrected chi connectivity index (χ3v) is 6.53. The van der Waals surface area contributed by atoms with Gasteiger partial charge in [-0.3, -0.25) is 4.90 Å². The Balaban J connectivity index is 1.20. The first-order valence-corrected chi connectivity index (χ1v) is 12.2. The fraction of sp³-hybridized carbons (Fsp3) is 0.259. The molecule has 1 fully saturated rings. The van der Waals surface area contributed by atoms with Gasteiger partial charge in [-0.2, -0.15) is 5.10 Å². The van der Waals surface area contributed by atoms with E-state index in [4.69, 9.17) is 9.47 Å². The van der Waals surface area contributed by atoms with E-state index >= 15 is 0 Å². The van der Waals surface area contributed by atoms with Crippen molar-refractivity contribution in [2.75, 3.05) is 18.4 Å². The molecular formula is C27H27N7O3. The van der Waals surface area contributed by atoms with Crippen molar-refractivity contribution < 1.29 is 14.6 Å². The summed E-state index contributed by atoms with van der Waals surface area (Å²) in [4.78, 5) is 15.1. The molecule has 1 aliphatic rings. The van der Waals surface area contributed by atoms with Crippen molar-refractivity contribution in [3.8, 4) is 17.2 Å². The number of aryl methyl sites for hydroxylation is 1. The molecule has 0 spiro atoms. The molecule has 1 unspecified atom stereocenters. The first-order chi connectivity index (χ1) is 18.0. The van der Waals surface area contributed by atoms with Crippen LogP contribution in [0.4, 0.5) is 11.5 Å². The quantitative estimate of drug-likeness (QED) is 0.340. The van der Waals surface area contributed by atoms with E-state index in [1.807, 2.05) is 66.6 Å². The number of anilines is 2. The zero-order valence-electron chi connectivity index (χ0n) is 20.6. The van der Waals surface area contributed by atoms with Crippen LogP contribution in [0.15, 0.2) is 67.4 Å². The molecule has 2 N–H and O–H groups in total. The molecule has 4 heterocycles. The van der Waals surface area contributed by atoms with Crippen LogP contribution < -0.4 is 14.8 Å². The number of aliphatic hydroxyl groups is 1. The molecule has 10 heteroatoms. The number of aliphatic hydroxyl groups excluding tert-OH is 1. The molecule has 0 bridgehead atoms. The topological polar surface area (TPSA) is 110 Å². The lowest BCUT2D eigenvalue weighted by molar-refractivity contribution is 0.0291. The second-order valence-electron chi connectivity index (χ2n) is 9.19. The molecule has 1 aliphatic heterocycles. The van der Waals surface area contributed by atoms with Crippen LogP contribution in [0.5, 0.6) is 17.2 Å². The average Bonchev–Trinajstić information content (AvgIpc) is 3.55. The van der Waals surface area contributed by atoms with Gasteiger partial charge in [0.15, 0.2) is 5.65 Å². The third kappa shape index (κ3) is 4.89. The summed E-state index contributed by atoms with van der Waals surface area (Å²) in [6.45, 7) is 5.30. The van der Waals surface area contributed by atoms with E-state index in [1.165, 1.54) is 6.33 Å². The van der Waals surface area contributed by atoms with Crippen LogP contribution in [0.3, 0.4) is 0 Å². The fourth-order valence-electron chi connectivity index (χ4n) is 4.56. The molecule has 5 aromatic rings. The summed E-state index contributed by atoms with van der Waals surface area (Å²) in [6, 6.07) is 15.4. The molecule has 0 saturated carbocycles. The molecule has 0 amide bonds. The highest BCUT2D eigenvalue weighted by atomic mass is 16.5. The van der Waals surface area contributed by atoms with Crippen LogP contribution in [0.1, 0.15) is 18.9 Å². The SMILES string of the molecule is Cc1cc(Nc2ncnc3ccc(O[C@@H]4CCN(C(C)O)C4)cc23)ccc1Oc1ccn2ncnc2c1. The summed E-state index contributed by atoms with van der Waals surface area (Å²) in [5, 5.41) is 18.2. The normalized spacial score (nSPS) is 16.8. The molecule has 6 rings (SSSR count). The largest absolute Gasteiger partial charge is 0.489 e. The Bertz CT molecular complexity index is 1570. The van der Waals surface area contributed by atoms with Gasteiger partial charge in [0.2, 0.25) is 0 Å². The van der Waals surface area contributed by atoms with Crippen LogP contribution in [-0.2, 0) is 0 Å². The molecule has 2 atom stereocenters. The minimum absolute atomic E-state index is 0.0359. The standard InChI is InChI=1S/C27H27N7O3/c1-17-11-19(3-6-25(17)37-21-8-10-34-26(13-21)29-16-31-34)32-27-23-12-20(4-5-24(23)28-15-30-27)36-22-7-9-33(14-22)18(2)35/h3-6,8,10-13,15-16,18,22,35H,7,9,14H2,1-2H3,(H,28,30,32)/t18?,22-/m1/s1. The molecule has 3 aromatic heterocycles. The van der Waals surface area contributed by atoms with Gasteiger partial charge < -0.3 is 19.9 Å². The number of rotatable bonds is 7. The third-order valence-electron chi connectivity index (χ3n) is 6.53. The lowest BCUT2D eigenvalue weighted by Gasteiger charge is -2.19. The molecule has 188 valence electrons. The Labute approximate surface area is 213 Å². The predicted octanol–water partition coefficient (Wildman–Crippen LogP) is 4.31. The Kier molecular flexibility index (Phi) is 6.03. The van der Waals surface area contributed by atoms with Crippen molar-refractivity contribution >= 4 is 28.1 Å². The average molecular weight is 498 g/mol. The molecule has 10 nitrogen and oxygen atoms in total. The number of hydrogen-bond acceptors (Lipinski definition) is 9. The van der Waals surface area contributed by atoms with E-state index in [1.54, 1.807) is 17.8 Å². The highest BCUT2D eigenvalue weighted by Crippen LogP contribution is 2.31. The highest BCUT2D eigenvalue weighted by Gasteiger charge is 2.26. The van der Waals surface area contributed by atoms with E-state index < -0.39 is 6.23 Å². The van der Waals surface area contributed by atoms with Gasteiger partial charge in [-0.15, -0.1) is 0 Å². The number of ether oxygens (including phenoxy) is 2. The summed E-state index contributed by atoms with van der Waals surface area (Å²) < 4.78 is 14.0. The van der Waals surface area contributed by atoms with E-state index in [9.17, 15) is 5.11 Å². The summed E-state index contributed by atoms with van der Waals surface area (Å²) >= 11 is 0. The second-order valence-corrected chi connectivity index (χ2v) is 9.19. The smallest absolute Gasteiger partial charge is 0.158 e. The zero-order valence-corrected chi connectivity index (χ0v) is 20.6. The first kappa shape index (κ1) is 23.1. The molecular weight excluding hydrogens is 470 g/mol. The number of nitrogens with one attached hydrogen (secondary N) is 1. The van der Waals surface area contributed by atoms with E-state index in [0.29, 0.717) is 18.1 Å². The van der Waals surface area contributed by atoms with Crippen LogP contribution in [0, 0.1) is 6.92 Å². The zero-order chi connectivity index (χ0) is 25.4. The summed E-state index contributed by atoms with van der Waals surface area (Å²) in [6.07, 6.45) is 5.32. The maximum absolute atomic E-state index is 9.83. The molecule has 0 radical (unpaired) electrons. The summed E-state index contributed by atoms with van der Waals surface area (Å²) in [7, 11) is 0. The lowest BCUT2D eigenvalue weighted by atomic mass is 10.2. The Hall–Kier alpha value is -4.28. The number of benzene rings is 2. The number of pyridine rings is 1. The first-order valence-electron chi connectivity index (χ1n) is 12.2. The number of aromatic nitrogens is 5. The van der Waals surface area contributed by atoms with Gasteiger partial charge in [0.25, 0.3) is 0 Å². The minimum Gasteiger partial charge on any atom is -0.489 e. The van der Waals surface area contributed by atoms with E-state index in [0.717, 1.165) is 52.3 Å². The predicted molar refractivity (Wildman–Crippen MR) is 139 cm³/mol. The molecule has 1 saturated heterocycles. The van der Waals surface area contributed by atoms with Gasteiger partial charge >= 0.3 is 0 Å². The maximum Gasteiger partial charge on any atom is 0.158 e. The molecule has 2 aromatic carbocycles. The number of fused-ring (bicyclic) bond motifs is 2. The van der Waals surface area contributed by atoms with Gasteiger partial charge in [-0.05, 0) is 68.3 Å². The van der Waals surface area contributed by atoms with Crippen molar-refractivity contribution in [2.24, 2.45) is 0 Å². The van der Waals surface area contributed by atoms with E-state index in [2.05, 4.69) is 25.4 Å². The Morgan fingerprint density at radius 2 is 1.95 bits per heavy atom. The van der Waals surface area contributed by atoms with Crippen LogP contribution in [-0.4, -0.2) is 60.0 Å².